The lowest BCUT2D eigenvalue weighted by Gasteiger charge is -2.25. The molecule has 6 nitrogen and oxygen atoms in total. The number of halogens is 3. The van der Waals surface area contributed by atoms with Crippen LogP contribution in [0, 0.1) is 11.3 Å². The molecular weight excluding hydrogens is 415 g/mol. The van der Waals surface area contributed by atoms with Crippen LogP contribution in [0.2, 0.25) is 0 Å². The number of carbonyl (C=O) groups is 1. The van der Waals surface area contributed by atoms with E-state index < -0.39 is 34.9 Å². The van der Waals surface area contributed by atoms with Crippen molar-refractivity contribution in [2.24, 2.45) is 0 Å². The molecule has 9 heteroatoms. The van der Waals surface area contributed by atoms with Crippen molar-refractivity contribution in [2.75, 3.05) is 6.61 Å². The third kappa shape index (κ3) is 3.11. The van der Waals surface area contributed by atoms with Crippen LogP contribution in [-0.4, -0.2) is 18.2 Å². The van der Waals surface area contributed by atoms with E-state index in [9.17, 15) is 28.0 Å². The first-order chi connectivity index (χ1) is 14.7. The minimum atomic E-state index is -4.58. The number of fused-ring (bicyclic) bond motifs is 3. The molecular formula is C22H14F3NO5. The maximum absolute atomic E-state index is 13.0. The fourth-order valence-electron chi connectivity index (χ4n) is 3.71. The first kappa shape index (κ1) is 20.5. The molecule has 2 atom stereocenters. The lowest BCUT2D eigenvalue weighted by atomic mass is 9.80. The molecule has 158 valence electrons. The van der Waals surface area contributed by atoms with E-state index in [1.165, 1.54) is 13.0 Å². The second kappa shape index (κ2) is 7.16. The second-order valence-corrected chi connectivity index (χ2v) is 6.85. The van der Waals surface area contributed by atoms with Crippen LogP contribution in [0.15, 0.2) is 57.7 Å². The van der Waals surface area contributed by atoms with Gasteiger partial charge in [-0.1, -0.05) is 24.3 Å². The van der Waals surface area contributed by atoms with Gasteiger partial charge in [-0.25, -0.2) is 9.59 Å². The molecule has 3 aromatic rings. The number of hydrogen-bond acceptors (Lipinski definition) is 6. The largest absolute Gasteiger partial charge is 0.462 e. The van der Waals surface area contributed by atoms with Crippen LogP contribution < -0.4 is 10.4 Å². The van der Waals surface area contributed by atoms with Gasteiger partial charge >= 0.3 is 23.4 Å². The van der Waals surface area contributed by atoms with Gasteiger partial charge in [0.2, 0.25) is 0 Å². The van der Waals surface area contributed by atoms with Crippen LogP contribution in [0.3, 0.4) is 0 Å². The predicted octanol–water partition coefficient (Wildman–Crippen LogP) is 4.16. The van der Waals surface area contributed by atoms with Crippen LogP contribution in [0.1, 0.15) is 29.5 Å². The first-order valence-corrected chi connectivity index (χ1v) is 9.23. The fraction of sp³-hybridized carbons (Fsp3) is 0.227. The Labute approximate surface area is 173 Å². The number of esters is 1. The zero-order chi connectivity index (χ0) is 22.4. The summed E-state index contributed by atoms with van der Waals surface area (Å²) < 4.78 is 55.2. The Morgan fingerprint density at radius 3 is 2.48 bits per heavy atom. The van der Waals surface area contributed by atoms with E-state index in [1.807, 2.05) is 0 Å². The highest BCUT2D eigenvalue weighted by atomic mass is 19.4. The van der Waals surface area contributed by atoms with Gasteiger partial charge in [-0.15, -0.1) is 0 Å². The number of rotatable bonds is 3. The number of alkyl halides is 3. The maximum atomic E-state index is 13.0. The minimum Gasteiger partial charge on any atom is -0.462 e. The Morgan fingerprint density at radius 1 is 1.19 bits per heavy atom. The van der Waals surface area contributed by atoms with Crippen molar-refractivity contribution in [3.8, 4) is 11.8 Å². The van der Waals surface area contributed by atoms with Crippen molar-refractivity contribution in [3.63, 3.8) is 0 Å². The second-order valence-electron chi connectivity index (χ2n) is 6.85. The van der Waals surface area contributed by atoms with E-state index in [0.29, 0.717) is 5.39 Å². The lowest BCUT2D eigenvalue weighted by molar-refractivity contribution is -0.156. The monoisotopic (exact) mass is 429 g/mol. The molecule has 0 bridgehead atoms. The zero-order valence-corrected chi connectivity index (χ0v) is 16.0. The lowest BCUT2D eigenvalue weighted by Crippen LogP contribution is -2.47. The van der Waals surface area contributed by atoms with E-state index in [0.717, 1.165) is 24.3 Å². The van der Waals surface area contributed by atoms with Gasteiger partial charge in [0.05, 0.1) is 29.0 Å². The molecule has 2 heterocycles. The average Bonchev–Trinajstić information content (AvgIpc) is 3.11. The molecule has 1 aliphatic rings. The van der Waals surface area contributed by atoms with Crippen molar-refractivity contribution in [1.29, 1.82) is 5.26 Å². The molecule has 2 aromatic carbocycles. The van der Waals surface area contributed by atoms with Crippen LogP contribution in [0.4, 0.5) is 13.2 Å². The maximum Gasteiger partial charge on any atom is 0.416 e. The quantitative estimate of drug-likeness (QED) is 0.459. The van der Waals surface area contributed by atoms with Crippen molar-refractivity contribution >= 4 is 16.9 Å². The molecule has 0 saturated carbocycles. The first-order valence-electron chi connectivity index (χ1n) is 9.23. The molecule has 0 aliphatic carbocycles. The van der Waals surface area contributed by atoms with Gasteiger partial charge in [-0.2, -0.15) is 18.4 Å². The molecule has 0 saturated heterocycles. The standard InChI is InChI=1S/C22H14F3NO5/c1-2-29-20(28)21(11-26)17(12-7-9-13(10-8-12)22(23,24)25)16-18(31-21)14-5-3-4-6-15(14)30-19(16)27/h3-10,17H,2H2,1H3. The van der Waals surface area contributed by atoms with Gasteiger partial charge in [-0.3, -0.25) is 0 Å². The van der Waals surface area contributed by atoms with Crippen LogP contribution in [0.25, 0.3) is 11.0 Å². The van der Waals surface area contributed by atoms with Crippen LogP contribution in [-0.2, 0) is 15.7 Å². The molecule has 0 spiro atoms. The Bertz CT molecular complexity index is 1270. The van der Waals surface area contributed by atoms with Crippen molar-refractivity contribution < 1.29 is 31.9 Å². The predicted molar refractivity (Wildman–Crippen MR) is 101 cm³/mol. The summed E-state index contributed by atoms with van der Waals surface area (Å²) in [5.41, 5.74) is -3.94. The summed E-state index contributed by atoms with van der Waals surface area (Å²) >= 11 is 0. The number of ether oxygens (including phenoxy) is 2. The summed E-state index contributed by atoms with van der Waals surface area (Å²) in [7, 11) is 0. The molecule has 31 heavy (non-hydrogen) atoms. The highest BCUT2D eigenvalue weighted by Gasteiger charge is 2.59. The zero-order valence-electron chi connectivity index (χ0n) is 16.0. The number of carbonyl (C=O) groups excluding carboxylic acids is 1. The van der Waals surface area contributed by atoms with Gasteiger partial charge in [0.15, 0.2) is 0 Å². The number of nitriles is 1. The molecule has 1 aromatic heterocycles. The van der Waals surface area contributed by atoms with Gasteiger partial charge < -0.3 is 13.9 Å². The Morgan fingerprint density at radius 2 is 1.87 bits per heavy atom. The topological polar surface area (TPSA) is 89.5 Å². The van der Waals surface area contributed by atoms with Crippen molar-refractivity contribution in [1.82, 2.24) is 0 Å². The van der Waals surface area contributed by atoms with E-state index in [2.05, 4.69) is 0 Å². The van der Waals surface area contributed by atoms with Gasteiger partial charge in [0.25, 0.3) is 0 Å². The smallest absolute Gasteiger partial charge is 0.416 e. The summed E-state index contributed by atoms with van der Waals surface area (Å²) in [5.74, 6) is -2.44. The molecule has 0 N–H and O–H groups in total. The highest BCUT2D eigenvalue weighted by Crippen LogP contribution is 2.50. The van der Waals surface area contributed by atoms with E-state index in [4.69, 9.17) is 13.9 Å². The van der Waals surface area contributed by atoms with E-state index in [1.54, 1.807) is 24.3 Å². The molecule has 0 radical (unpaired) electrons. The SMILES string of the molecule is CCOC(=O)C1(C#N)Oc2c(c(=O)oc3ccccc23)C1c1ccc(C(F)(F)F)cc1. The van der Waals surface area contributed by atoms with Crippen molar-refractivity contribution in [2.45, 2.75) is 24.6 Å². The van der Waals surface area contributed by atoms with Crippen LogP contribution in [0.5, 0.6) is 5.75 Å². The summed E-state index contributed by atoms with van der Waals surface area (Å²) in [6.45, 7) is 1.46. The van der Waals surface area contributed by atoms with E-state index >= 15 is 0 Å². The third-order valence-corrected chi connectivity index (χ3v) is 5.07. The number of benzene rings is 2. The van der Waals surface area contributed by atoms with Crippen molar-refractivity contribution in [3.05, 3.63) is 75.6 Å². The summed E-state index contributed by atoms with van der Waals surface area (Å²) in [5, 5.41) is 10.3. The molecule has 1 aliphatic heterocycles. The van der Waals surface area contributed by atoms with Crippen LogP contribution >= 0.6 is 0 Å². The van der Waals surface area contributed by atoms with Gasteiger partial charge in [0, 0.05) is 0 Å². The normalized spacial score (nSPS) is 20.0. The highest BCUT2D eigenvalue weighted by molar-refractivity contribution is 5.92. The number of para-hydroxylation sites is 1. The van der Waals surface area contributed by atoms with Gasteiger partial charge in [-0.05, 0) is 36.8 Å². The summed E-state index contributed by atoms with van der Waals surface area (Å²) in [6, 6.07) is 12.0. The Balaban J connectivity index is 2.00. The Kier molecular flexibility index (Phi) is 4.73. The number of hydrogen-bond donors (Lipinski definition) is 0. The minimum absolute atomic E-state index is 0.0358. The molecule has 0 fully saturated rings. The number of nitrogens with zero attached hydrogens (tertiary/aromatic N) is 1. The van der Waals surface area contributed by atoms with Gasteiger partial charge in [0.1, 0.15) is 17.4 Å². The average molecular weight is 429 g/mol. The Hall–Kier alpha value is -3.80. The molecule has 2 unspecified atom stereocenters. The van der Waals surface area contributed by atoms with E-state index in [-0.39, 0.29) is 29.1 Å². The summed E-state index contributed by atoms with van der Waals surface area (Å²) in [6.07, 6.45) is -4.58. The molecule has 0 amide bonds. The molecule has 4 rings (SSSR count). The summed E-state index contributed by atoms with van der Waals surface area (Å²) in [4.78, 5) is 25.7. The fourth-order valence-corrected chi connectivity index (χ4v) is 3.71. The third-order valence-electron chi connectivity index (χ3n) is 5.07.